The van der Waals surface area contributed by atoms with Gasteiger partial charge < -0.3 is 5.32 Å². The number of carbonyl (C=O) groups is 1. The molecule has 1 aliphatic rings. The second-order valence-corrected chi connectivity index (χ2v) is 7.41. The van der Waals surface area contributed by atoms with Crippen LogP contribution in [0.3, 0.4) is 0 Å². The third-order valence-electron chi connectivity index (χ3n) is 3.90. The second-order valence-electron chi connectivity index (χ2n) is 5.57. The van der Waals surface area contributed by atoms with Gasteiger partial charge in [0, 0.05) is 14.5 Å². The van der Waals surface area contributed by atoms with E-state index in [0.717, 1.165) is 47.5 Å². The predicted octanol–water partition coefficient (Wildman–Crippen LogP) is 4.95. The van der Waals surface area contributed by atoms with Crippen molar-refractivity contribution in [2.45, 2.75) is 50.5 Å². The summed E-state index contributed by atoms with van der Waals surface area (Å²) < 4.78 is 1.68. The minimum Gasteiger partial charge on any atom is -0.334 e. The van der Waals surface area contributed by atoms with E-state index in [9.17, 15) is 10.1 Å². The molecule has 1 N–H and O–H groups in total. The molecule has 1 aliphatic carbocycles. The highest BCUT2D eigenvalue weighted by atomic mass is 79.9. The lowest BCUT2D eigenvalue weighted by Crippen LogP contribution is -2.47. The molecular weight excluding hydrogens is 396 g/mol. The van der Waals surface area contributed by atoms with Crippen molar-refractivity contribution in [2.24, 2.45) is 0 Å². The van der Waals surface area contributed by atoms with Crippen LogP contribution in [0.15, 0.2) is 27.1 Å². The predicted molar refractivity (Wildman–Crippen MR) is 90.0 cm³/mol. The van der Waals surface area contributed by atoms with Crippen molar-refractivity contribution in [1.82, 2.24) is 5.32 Å². The van der Waals surface area contributed by atoms with Gasteiger partial charge in [0.15, 0.2) is 0 Å². The van der Waals surface area contributed by atoms with E-state index in [1.54, 1.807) is 12.1 Å². The average Bonchev–Trinajstić information content (AvgIpc) is 2.41. The number of carbonyl (C=O) groups excluding carboxylic acids is 1. The minimum atomic E-state index is -0.716. The summed E-state index contributed by atoms with van der Waals surface area (Å²) in [4.78, 5) is 12.5. The van der Waals surface area contributed by atoms with Gasteiger partial charge in [0.05, 0.1) is 6.07 Å². The van der Waals surface area contributed by atoms with Crippen LogP contribution >= 0.6 is 31.9 Å². The number of halogens is 2. The molecule has 1 amide bonds. The third-order valence-corrected chi connectivity index (χ3v) is 4.81. The Morgan fingerprint density at radius 1 is 1.05 bits per heavy atom. The molecule has 21 heavy (non-hydrogen) atoms. The number of hydrogen-bond donors (Lipinski definition) is 1. The Balaban J connectivity index is 2.16. The van der Waals surface area contributed by atoms with Crippen LogP contribution in [0.5, 0.6) is 0 Å². The highest BCUT2D eigenvalue weighted by Gasteiger charge is 2.32. The first kappa shape index (κ1) is 16.5. The Bertz CT molecular complexity index is 538. The number of nitrogens with zero attached hydrogens (tertiary/aromatic N) is 1. The molecular formula is C16H18Br2N2O. The van der Waals surface area contributed by atoms with Gasteiger partial charge >= 0.3 is 0 Å². The Hall–Kier alpha value is -0.860. The summed E-state index contributed by atoms with van der Waals surface area (Å²) in [5, 5.41) is 12.6. The normalized spacial score (nSPS) is 18.1. The smallest absolute Gasteiger partial charge is 0.252 e. The summed E-state index contributed by atoms with van der Waals surface area (Å²) >= 11 is 6.77. The molecule has 0 aromatic heterocycles. The van der Waals surface area contributed by atoms with Gasteiger partial charge in [-0.2, -0.15) is 5.26 Å². The van der Waals surface area contributed by atoms with Crippen LogP contribution < -0.4 is 5.32 Å². The van der Waals surface area contributed by atoms with Gasteiger partial charge in [0.1, 0.15) is 5.54 Å². The first-order valence-corrected chi connectivity index (χ1v) is 8.83. The number of nitrogens with one attached hydrogen (secondary N) is 1. The van der Waals surface area contributed by atoms with E-state index in [1.165, 1.54) is 6.42 Å². The number of nitriles is 1. The van der Waals surface area contributed by atoms with Crippen LogP contribution in [0.2, 0.25) is 0 Å². The van der Waals surface area contributed by atoms with Gasteiger partial charge in [-0.1, -0.05) is 64.0 Å². The molecule has 1 aromatic carbocycles. The minimum absolute atomic E-state index is 0.181. The van der Waals surface area contributed by atoms with Crippen LogP contribution in [-0.2, 0) is 0 Å². The maximum atomic E-state index is 12.5. The van der Waals surface area contributed by atoms with Crippen molar-refractivity contribution < 1.29 is 4.79 Å². The van der Waals surface area contributed by atoms with E-state index in [2.05, 4.69) is 43.2 Å². The lowest BCUT2D eigenvalue weighted by atomic mass is 9.85. The van der Waals surface area contributed by atoms with Crippen LogP contribution in [0.1, 0.15) is 55.3 Å². The van der Waals surface area contributed by atoms with Crippen molar-refractivity contribution >= 4 is 37.8 Å². The first-order chi connectivity index (χ1) is 10.0. The molecule has 3 nitrogen and oxygen atoms in total. The Kier molecular flexibility index (Phi) is 5.83. The summed E-state index contributed by atoms with van der Waals surface area (Å²) in [6, 6.07) is 7.79. The van der Waals surface area contributed by atoms with Gasteiger partial charge in [-0.05, 0) is 31.0 Å². The fraction of sp³-hybridized carbons (Fsp3) is 0.500. The lowest BCUT2D eigenvalue weighted by molar-refractivity contribution is 0.0907. The average molecular weight is 414 g/mol. The zero-order valence-electron chi connectivity index (χ0n) is 11.8. The SMILES string of the molecule is N#CC1(NC(=O)c2cc(Br)cc(Br)c2)CCCCCCC1. The number of amides is 1. The van der Waals surface area contributed by atoms with Crippen LogP contribution in [0.25, 0.3) is 0 Å². The Morgan fingerprint density at radius 3 is 2.10 bits per heavy atom. The lowest BCUT2D eigenvalue weighted by Gasteiger charge is -2.29. The number of rotatable bonds is 2. The Labute approximate surface area is 142 Å². The molecule has 0 radical (unpaired) electrons. The van der Waals surface area contributed by atoms with Crippen molar-refractivity contribution in [1.29, 1.82) is 5.26 Å². The molecule has 0 saturated heterocycles. The molecule has 112 valence electrons. The molecule has 0 unspecified atom stereocenters. The Morgan fingerprint density at radius 2 is 1.57 bits per heavy atom. The van der Waals surface area contributed by atoms with E-state index in [0.29, 0.717) is 5.56 Å². The van der Waals surface area contributed by atoms with E-state index >= 15 is 0 Å². The summed E-state index contributed by atoms with van der Waals surface area (Å²) in [6.07, 6.45) is 6.98. The molecule has 0 aliphatic heterocycles. The molecule has 1 aromatic rings. The standard InChI is InChI=1S/C16H18Br2N2O/c17-13-8-12(9-14(18)10-13)15(21)20-16(11-19)6-4-2-1-3-5-7-16/h8-10H,1-7H2,(H,20,21). The van der Waals surface area contributed by atoms with Crippen LogP contribution in [0.4, 0.5) is 0 Å². The zero-order valence-corrected chi connectivity index (χ0v) is 15.0. The third kappa shape index (κ3) is 4.55. The summed E-state index contributed by atoms with van der Waals surface area (Å²) in [5.41, 5.74) is -0.153. The van der Waals surface area contributed by atoms with Gasteiger partial charge in [-0.3, -0.25) is 4.79 Å². The summed E-state index contributed by atoms with van der Waals surface area (Å²) in [5.74, 6) is -0.181. The van der Waals surface area contributed by atoms with Crippen LogP contribution in [-0.4, -0.2) is 11.4 Å². The maximum absolute atomic E-state index is 12.5. The number of benzene rings is 1. The number of hydrogen-bond acceptors (Lipinski definition) is 2. The molecule has 5 heteroatoms. The van der Waals surface area contributed by atoms with Crippen molar-refractivity contribution in [3.05, 3.63) is 32.7 Å². The monoisotopic (exact) mass is 412 g/mol. The molecule has 1 fully saturated rings. The molecule has 0 atom stereocenters. The largest absolute Gasteiger partial charge is 0.334 e. The van der Waals surface area contributed by atoms with E-state index in [-0.39, 0.29) is 5.91 Å². The van der Waals surface area contributed by atoms with Gasteiger partial charge in [0.25, 0.3) is 5.91 Å². The zero-order chi connectivity index (χ0) is 15.3. The maximum Gasteiger partial charge on any atom is 0.252 e. The van der Waals surface area contributed by atoms with Crippen LogP contribution in [0, 0.1) is 11.3 Å². The molecule has 0 spiro atoms. The molecule has 0 heterocycles. The van der Waals surface area contributed by atoms with E-state index in [4.69, 9.17) is 0 Å². The molecule has 0 bridgehead atoms. The second kappa shape index (κ2) is 7.42. The van der Waals surface area contributed by atoms with Crippen molar-refractivity contribution in [3.8, 4) is 6.07 Å². The van der Waals surface area contributed by atoms with E-state index in [1.807, 2.05) is 6.07 Å². The fourth-order valence-corrected chi connectivity index (χ4v) is 4.04. The van der Waals surface area contributed by atoms with Gasteiger partial charge in [0.2, 0.25) is 0 Å². The highest BCUT2D eigenvalue weighted by Crippen LogP contribution is 2.27. The van der Waals surface area contributed by atoms with Gasteiger partial charge in [-0.15, -0.1) is 0 Å². The van der Waals surface area contributed by atoms with Gasteiger partial charge in [-0.25, -0.2) is 0 Å². The molecule has 1 saturated carbocycles. The topological polar surface area (TPSA) is 52.9 Å². The first-order valence-electron chi connectivity index (χ1n) is 7.24. The quantitative estimate of drug-likeness (QED) is 0.745. The van der Waals surface area contributed by atoms with E-state index < -0.39 is 5.54 Å². The molecule has 2 rings (SSSR count). The summed E-state index contributed by atoms with van der Waals surface area (Å²) in [7, 11) is 0. The summed E-state index contributed by atoms with van der Waals surface area (Å²) in [6.45, 7) is 0. The van der Waals surface area contributed by atoms with Crippen molar-refractivity contribution in [2.75, 3.05) is 0 Å². The van der Waals surface area contributed by atoms with Crippen molar-refractivity contribution in [3.63, 3.8) is 0 Å². The highest BCUT2D eigenvalue weighted by molar-refractivity contribution is 9.11. The fourth-order valence-electron chi connectivity index (χ4n) is 2.75.